The zero-order chi connectivity index (χ0) is 16.9. The molecule has 2 amide bonds. The van der Waals surface area contributed by atoms with E-state index < -0.39 is 0 Å². The lowest BCUT2D eigenvalue weighted by atomic mass is 10.1. The van der Waals surface area contributed by atoms with Gasteiger partial charge in [-0.25, -0.2) is 0 Å². The third-order valence-corrected chi connectivity index (χ3v) is 4.22. The second-order valence-electron chi connectivity index (χ2n) is 6.02. The molecule has 0 aromatic heterocycles. The molecule has 0 heterocycles. The fourth-order valence-corrected chi connectivity index (χ4v) is 2.69. The fourth-order valence-electron chi connectivity index (χ4n) is 2.69. The van der Waals surface area contributed by atoms with E-state index in [2.05, 4.69) is 10.6 Å². The molecule has 1 atom stereocenters. The summed E-state index contributed by atoms with van der Waals surface area (Å²) in [4.78, 5) is 24.9. The van der Waals surface area contributed by atoms with Crippen molar-refractivity contribution in [2.24, 2.45) is 11.7 Å². The van der Waals surface area contributed by atoms with Crippen LogP contribution in [0.15, 0.2) is 54.6 Å². The molecular weight excluding hydrogens is 338 g/mol. The number of carbonyl (C=O) groups excluding carboxylic acids is 2. The Balaban J connectivity index is 0.00000225. The van der Waals surface area contributed by atoms with Gasteiger partial charge in [-0.15, -0.1) is 12.4 Å². The molecule has 3 rings (SSSR count). The Morgan fingerprint density at radius 2 is 1.64 bits per heavy atom. The molecule has 6 heteroatoms. The van der Waals surface area contributed by atoms with Crippen LogP contribution in [0.25, 0.3) is 0 Å². The number of amides is 2. The standard InChI is InChI=1S/C19H21N3O2.ClH/c20-12-17(13-10-11-13)22-19(24)15-8-4-5-9-16(15)21-18(23)14-6-2-1-3-7-14;/h1-9,13,17H,10-12,20H2,(H,21,23)(H,22,24);1H. The first-order chi connectivity index (χ1) is 11.7. The van der Waals surface area contributed by atoms with E-state index in [1.54, 1.807) is 48.5 Å². The molecule has 1 saturated carbocycles. The highest BCUT2D eigenvalue weighted by Gasteiger charge is 2.31. The van der Waals surface area contributed by atoms with Gasteiger partial charge in [-0.05, 0) is 43.0 Å². The van der Waals surface area contributed by atoms with Crippen LogP contribution in [0.4, 0.5) is 5.69 Å². The minimum Gasteiger partial charge on any atom is -0.348 e. The van der Waals surface area contributed by atoms with Crippen molar-refractivity contribution in [1.29, 1.82) is 0 Å². The molecular formula is C19H22ClN3O2. The monoisotopic (exact) mass is 359 g/mol. The van der Waals surface area contributed by atoms with Crippen molar-refractivity contribution in [3.8, 4) is 0 Å². The number of hydrogen-bond acceptors (Lipinski definition) is 3. The third kappa shape index (κ3) is 4.81. The van der Waals surface area contributed by atoms with Gasteiger partial charge in [-0.1, -0.05) is 30.3 Å². The number of para-hydroxylation sites is 1. The molecule has 1 fully saturated rings. The van der Waals surface area contributed by atoms with E-state index in [-0.39, 0.29) is 30.3 Å². The normalized spacial score (nSPS) is 14.1. The van der Waals surface area contributed by atoms with Gasteiger partial charge in [0.2, 0.25) is 0 Å². The summed E-state index contributed by atoms with van der Waals surface area (Å²) in [6.45, 7) is 0.426. The third-order valence-electron chi connectivity index (χ3n) is 4.22. The average Bonchev–Trinajstić information content (AvgIpc) is 3.45. The maximum absolute atomic E-state index is 12.6. The van der Waals surface area contributed by atoms with Crippen molar-refractivity contribution >= 4 is 29.9 Å². The van der Waals surface area contributed by atoms with Crippen LogP contribution in [0.2, 0.25) is 0 Å². The Hall–Kier alpha value is -2.37. The smallest absolute Gasteiger partial charge is 0.255 e. The number of benzene rings is 2. The Morgan fingerprint density at radius 1 is 1.00 bits per heavy atom. The van der Waals surface area contributed by atoms with Gasteiger partial charge in [0.25, 0.3) is 11.8 Å². The van der Waals surface area contributed by atoms with E-state index in [1.165, 1.54) is 0 Å². The van der Waals surface area contributed by atoms with E-state index >= 15 is 0 Å². The summed E-state index contributed by atoms with van der Waals surface area (Å²) in [5.74, 6) is 0.0275. The summed E-state index contributed by atoms with van der Waals surface area (Å²) in [7, 11) is 0. The molecule has 4 N–H and O–H groups in total. The molecule has 0 bridgehead atoms. The van der Waals surface area contributed by atoms with Crippen molar-refractivity contribution in [2.75, 3.05) is 11.9 Å². The molecule has 5 nitrogen and oxygen atoms in total. The van der Waals surface area contributed by atoms with E-state index in [0.29, 0.717) is 29.3 Å². The summed E-state index contributed by atoms with van der Waals surface area (Å²) in [5.41, 5.74) is 7.24. The van der Waals surface area contributed by atoms with Crippen LogP contribution in [0.5, 0.6) is 0 Å². The van der Waals surface area contributed by atoms with Crippen molar-refractivity contribution in [1.82, 2.24) is 5.32 Å². The van der Waals surface area contributed by atoms with Gasteiger partial charge in [0.15, 0.2) is 0 Å². The van der Waals surface area contributed by atoms with Crippen LogP contribution < -0.4 is 16.4 Å². The van der Waals surface area contributed by atoms with Crippen LogP contribution in [0.3, 0.4) is 0 Å². The summed E-state index contributed by atoms with van der Waals surface area (Å²) in [5, 5.41) is 5.80. The highest BCUT2D eigenvalue weighted by Crippen LogP contribution is 2.32. The van der Waals surface area contributed by atoms with Crippen molar-refractivity contribution in [2.45, 2.75) is 18.9 Å². The molecule has 1 aliphatic rings. The second kappa shape index (κ2) is 8.65. The second-order valence-corrected chi connectivity index (χ2v) is 6.02. The topological polar surface area (TPSA) is 84.2 Å². The van der Waals surface area contributed by atoms with E-state index in [4.69, 9.17) is 5.73 Å². The minimum atomic E-state index is -0.242. The lowest BCUT2D eigenvalue weighted by Crippen LogP contribution is -2.42. The van der Waals surface area contributed by atoms with Crippen molar-refractivity contribution in [3.05, 3.63) is 65.7 Å². The van der Waals surface area contributed by atoms with Gasteiger partial charge < -0.3 is 16.4 Å². The molecule has 2 aromatic carbocycles. The summed E-state index contributed by atoms with van der Waals surface area (Å²) in [6.07, 6.45) is 2.21. The molecule has 1 aliphatic carbocycles. The van der Waals surface area contributed by atoms with E-state index in [1.807, 2.05) is 6.07 Å². The summed E-state index contributed by atoms with van der Waals surface area (Å²) < 4.78 is 0. The predicted octanol–water partition coefficient (Wildman–Crippen LogP) is 2.83. The van der Waals surface area contributed by atoms with Crippen LogP contribution in [0, 0.1) is 5.92 Å². The lowest BCUT2D eigenvalue weighted by Gasteiger charge is -2.17. The van der Waals surface area contributed by atoms with Crippen LogP contribution in [-0.4, -0.2) is 24.4 Å². The van der Waals surface area contributed by atoms with Crippen molar-refractivity contribution < 1.29 is 9.59 Å². The first-order valence-electron chi connectivity index (χ1n) is 8.15. The average molecular weight is 360 g/mol. The maximum atomic E-state index is 12.6. The van der Waals surface area contributed by atoms with Gasteiger partial charge in [0.1, 0.15) is 0 Å². The SMILES string of the molecule is Cl.NCC(NC(=O)c1ccccc1NC(=O)c1ccccc1)C1CC1. The van der Waals surface area contributed by atoms with Gasteiger partial charge in [-0.3, -0.25) is 9.59 Å². The lowest BCUT2D eigenvalue weighted by molar-refractivity contribution is 0.0934. The first kappa shape index (κ1) is 19.0. The number of nitrogens with one attached hydrogen (secondary N) is 2. The molecule has 0 aliphatic heterocycles. The largest absolute Gasteiger partial charge is 0.348 e. The number of halogens is 1. The zero-order valence-electron chi connectivity index (χ0n) is 13.8. The number of hydrogen-bond donors (Lipinski definition) is 3. The quantitative estimate of drug-likeness (QED) is 0.741. The number of carbonyl (C=O) groups is 2. The predicted molar refractivity (Wildman–Crippen MR) is 101 cm³/mol. The number of anilines is 1. The van der Waals surface area contributed by atoms with Crippen LogP contribution >= 0.6 is 12.4 Å². The van der Waals surface area contributed by atoms with Crippen molar-refractivity contribution in [3.63, 3.8) is 0 Å². The molecule has 132 valence electrons. The minimum absolute atomic E-state index is 0. The van der Waals surface area contributed by atoms with Gasteiger partial charge in [0, 0.05) is 18.2 Å². The molecule has 0 saturated heterocycles. The Kier molecular flexibility index (Phi) is 6.56. The maximum Gasteiger partial charge on any atom is 0.255 e. The van der Waals surface area contributed by atoms with Gasteiger partial charge >= 0.3 is 0 Å². The Labute approximate surface area is 153 Å². The van der Waals surface area contributed by atoms with E-state index in [9.17, 15) is 9.59 Å². The highest BCUT2D eigenvalue weighted by atomic mass is 35.5. The van der Waals surface area contributed by atoms with Gasteiger partial charge in [-0.2, -0.15) is 0 Å². The Morgan fingerprint density at radius 3 is 2.28 bits per heavy atom. The Bertz CT molecular complexity index is 732. The molecule has 25 heavy (non-hydrogen) atoms. The van der Waals surface area contributed by atoms with Crippen LogP contribution in [-0.2, 0) is 0 Å². The van der Waals surface area contributed by atoms with Crippen LogP contribution in [0.1, 0.15) is 33.6 Å². The number of rotatable bonds is 6. The summed E-state index contributed by atoms with van der Waals surface area (Å²) >= 11 is 0. The molecule has 1 unspecified atom stereocenters. The fraction of sp³-hybridized carbons (Fsp3) is 0.263. The molecule has 0 radical (unpaired) electrons. The summed E-state index contributed by atoms with van der Waals surface area (Å²) in [6, 6.07) is 15.9. The zero-order valence-corrected chi connectivity index (χ0v) is 14.6. The molecule has 2 aromatic rings. The number of nitrogens with two attached hydrogens (primary N) is 1. The highest BCUT2D eigenvalue weighted by molar-refractivity contribution is 6.09. The van der Waals surface area contributed by atoms with Gasteiger partial charge in [0.05, 0.1) is 11.3 Å². The molecule has 0 spiro atoms. The van der Waals surface area contributed by atoms with E-state index in [0.717, 1.165) is 12.8 Å². The first-order valence-corrected chi connectivity index (χ1v) is 8.15.